The maximum Gasteiger partial charge on any atom is 0.472 e. The lowest BCUT2D eigenvalue weighted by Gasteiger charge is -2.19. The zero-order valence-corrected chi connectivity index (χ0v) is 44.9. The van der Waals surface area contributed by atoms with E-state index in [1.807, 2.05) is 0 Å². The van der Waals surface area contributed by atoms with Gasteiger partial charge >= 0.3 is 19.8 Å². The molecule has 396 valence electrons. The van der Waals surface area contributed by atoms with E-state index in [-0.39, 0.29) is 38.6 Å². The van der Waals surface area contributed by atoms with E-state index in [1.165, 1.54) is 96.3 Å². The van der Waals surface area contributed by atoms with Crippen LogP contribution in [0.25, 0.3) is 0 Å². The molecule has 0 saturated carbocycles. The van der Waals surface area contributed by atoms with Crippen LogP contribution in [-0.4, -0.2) is 49.3 Å². The van der Waals surface area contributed by atoms with Crippen LogP contribution in [0.2, 0.25) is 0 Å². The lowest BCUT2D eigenvalue weighted by Crippen LogP contribution is -2.29. The van der Waals surface area contributed by atoms with Gasteiger partial charge in [-0.2, -0.15) is 0 Å². The van der Waals surface area contributed by atoms with Crippen molar-refractivity contribution in [3.63, 3.8) is 0 Å². The highest BCUT2D eigenvalue weighted by Gasteiger charge is 2.26. The molecular weight excluding hydrogens is 882 g/mol. The van der Waals surface area contributed by atoms with Crippen molar-refractivity contribution in [3.05, 3.63) is 97.2 Å². The first-order valence-corrected chi connectivity index (χ1v) is 29.2. The van der Waals surface area contributed by atoms with E-state index >= 15 is 0 Å². The van der Waals surface area contributed by atoms with Crippen molar-refractivity contribution >= 4 is 19.8 Å². The van der Waals surface area contributed by atoms with Gasteiger partial charge in [-0.15, -0.1) is 0 Å². The smallest absolute Gasteiger partial charge is 0.462 e. The van der Waals surface area contributed by atoms with Crippen LogP contribution in [0, 0.1) is 0 Å². The number of carbonyl (C=O) groups is 2. The Bertz CT molecular complexity index is 1450. The van der Waals surface area contributed by atoms with Crippen LogP contribution in [0.5, 0.6) is 0 Å². The van der Waals surface area contributed by atoms with Gasteiger partial charge in [0.2, 0.25) is 0 Å². The lowest BCUT2D eigenvalue weighted by molar-refractivity contribution is -0.161. The standard InChI is InChI=1S/C59H102NO8P/c1-3-5-7-9-11-13-15-17-19-21-23-25-27-28-30-32-34-36-38-40-42-44-46-48-50-52-59(62)68-57(56-67-69(63,64)66-54-53-60)55-65-58(61)51-49-47-45-43-41-39-37-35-33-31-29-26-24-22-20-18-16-14-12-10-8-6-4-2/h5-8,11-14,17-20,23-26,57H,3-4,9-10,15-16,21-22,27-56,60H2,1-2H3,(H,63,64)/b7-5-,8-6-,13-11-,14-12-,19-17-,20-18-,25-23-,26-24-. The van der Waals surface area contributed by atoms with Gasteiger partial charge in [0.1, 0.15) is 6.61 Å². The van der Waals surface area contributed by atoms with Gasteiger partial charge in [0, 0.05) is 19.4 Å². The Morgan fingerprint density at radius 3 is 1.12 bits per heavy atom. The first-order valence-electron chi connectivity index (χ1n) is 27.7. The summed E-state index contributed by atoms with van der Waals surface area (Å²) in [6.45, 7) is 3.52. The minimum Gasteiger partial charge on any atom is -0.462 e. The molecule has 0 amide bonds. The van der Waals surface area contributed by atoms with E-state index < -0.39 is 26.5 Å². The van der Waals surface area contributed by atoms with Gasteiger partial charge in [0.05, 0.1) is 13.2 Å². The average Bonchev–Trinajstić information content (AvgIpc) is 3.34. The topological polar surface area (TPSA) is 134 Å². The number of rotatable bonds is 51. The molecule has 10 heteroatoms. The average molecular weight is 984 g/mol. The first-order chi connectivity index (χ1) is 33.8. The normalized spacial score (nSPS) is 13.9. The zero-order valence-electron chi connectivity index (χ0n) is 44.0. The Kier molecular flexibility index (Phi) is 51.9. The second-order valence-corrected chi connectivity index (χ2v) is 19.5. The monoisotopic (exact) mass is 984 g/mol. The summed E-state index contributed by atoms with van der Waals surface area (Å²) in [7, 11) is -4.39. The van der Waals surface area contributed by atoms with Gasteiger partial charge in [0.15, 0.2) is 6.10 Å². The Hall–Kier alpha value is -3.07. The molecule has 0 saturated heterocycles. The summed E-state index contributed by atoms with van der Waals surface area (Å²) in [6, 6.07) is 0. The SMILES string of the molecule is CC/C=C\C/C=C\C/C=C\C/C=C\CCCCCCCCCCCCCCC(=O)OC(COC(=O)CCCCCCCCCCCC/C=C\C/C=C\C/C=C\C/C=C\CC)COP(=O)(O)OCCN. The molecule has 0 aromatic carbocycles. The molecule has 0 aromatic rings. The van der Waals surface area contributed by atoms with Crippen molar-refractivity contribution in [2.24, 2.45) is 5.73 Å². The van der Waals surface area contributed by atoms with Crippen molar-refractivity contribution in [2.45, 2.75) is 238 Å². The molecule has 0 aliphatic carbocycles. The van der Waals surface area contributed by atoms with E-state index in [0.717, 1.165) is 103 Å². The van der Waals surface area contributed by atoms with Crippen LogP contribution >= 0.6 is 7.82 Å². The number of hydrogen-bond donors (Lipinski definition) is 2. The molecule has 0 heterocycles. The highest BCUT2D eigenvalue weighted by Crippen LogP contribution is 2.43. The third-order valence-electron chi connectivity index (χ3n) is 11.5. The fourth-order valence-electron chi connectivity index (χ4n) is 7.44. The third-order valence-corrected chi connectivity index (χ3v) is 12.4. The van der Waals surface area contributed by atoms with Crippen LogP contribution in [0.1, 0.15) is 232 Å². The van der Waals surface area contributed by atoms with Gasteiger partial charge < -0.3 is 20.1 Å². The molecule has 0 rings (SSSR count). The number of allylic oxidation sites excluding steroid dienone is 16. The van der Waals surface area contributed by atoms with Gasteiger partial charge in [-0.3, -0.25) is 18.6 Å². The Labute approximate surface area is 423 Å². The highest BCUT2D eigenvalue weighted by atomic mass is 31.2. The molecule has 0 radical (unpaired) electrons. The predicted molar refractivity (Wildman–Crippen MR) is 293 cm³/mol. The summed E-state index contributed by atoms with van der Waals surface area (Å²) < 4.78 is 33.0. The zero-order chi connectivity index (χ0) is 50.2. The molecule has 0 bridgehead atoms. The van der Waals surface area contributed by atoms with E-state index in [1.54, 1.807) is 0 Å². The number of unbranched alkanes of at least 4 members (excludes halogenated alkanes) is 22. The number of hydrogen-bond acceptors (Lipinski definition) is 8. The molecule has 0 spiro atoms. The molecule has 3 N–H and O–H groups in total. The van der Waals surface area contributed by atoms with E-state index in [0.29, 0.717) is 6.42 Å². The lowest BCUT2D eigenvalue weighted by atomic mass is 10.0. The Morgan fingerprint density at radius 2 is 0.754 bits per heavy atom. The van der Waals surface area contributed by atoms with Crippen LogP contribution in [0.15, 0.2) is 97.2 Å². The van der Waals surface area contributed by atoms with Gasteiger partial charge in [0.25, 0.3) is 0 Å². The minimum atomic E-state index is -4.39. The van der Waals surface area contributed by atoms with Crippen LogP contribution in [0.4, 0.5) is 0 Å². The maximum absolute atomic E-state index is 12.7. The van der Waals surface area contributed by atoms with Gasteiger partial charge in [-0.25, -0.2) is 4.57 Å². The summed E-state index contributed by atoms with van der Waals surface area (Å²) in [6.07, 6.45) is 71.6. The van der Waals surface area contributed by atoms with Crippen molar-refractivity contribution in [1.29, 1.82) is 0 Å². The van der Waals surface area contributed by atoms with Crippen molar-refractivity contribution in [3.8, 4) is 0 Å². The van der Waals surface area contributed by atoms with Crippen molar-refractivity contribution in [1.82, 2.24) is 0 Å². The van der Waals surface area contributed by atoms with E-state index in [4.69, 9.17) is 24.3 Å². The molecule has 0 aliphatic heterocycles. The minimum absolute atomic E-state index is 0.0484. The Morgan fingerprint density at radius 1 is 0.435 bits per heavy atom. The summed E-state index contributed by atoms with van der Waals surface area (Å²) in [5.74, 6) is -0.836. The van der Waals surface area contributed by atoms with Crippen molar-refractivity contribution in [2.75, 3.05) is 26.4 Å². The quantitative estimate of drug-likeness (QED) is 0.0264. The summed E-state index contributed by atoms with van der Waals surface area (Å²) in [5.41, 5.74) is 5.38. The highest BCUT2D eigenvalue weighted by molar-refractivity contribution is 7.47. The summed E-state index contributed by atoms with van der Waals surface area (Å²) in [4.78, 5) is 35.2. The number of nitrogens with two attached hydrogens (primary N) is 1. The third kappa shape index (κ3) is 54.1. The van der Waals surface area contributed by atoms with Gasteiger partial charge in [-0.1, -0.05) is 227 Å². The van der Waals surface area contributed by atoms with Crippen molar-refractivity contribution < 1.29 is 37.6 Å². The first kappa shape index (κ1) is 65.9. The molecule has 69 heavy (non-hydrogen) atoms. The van der Waals surface area contributed by atoms with Crippen LogP contribution in [0.3, 0.4) is 0 Å². The van der Waals surface area contributed by atoms with E-state index in [2.05, 4.69) is 111 Å². The molecule has 2 atom stereocenters. The number of phosphoric acid groups is 1. The predicted octanol–water partition coefficient (Wildman–Crippen LogP) is 17.3. The number of carbonyl (C=O) groups excluding carboxylic acids is 2. The van der Waals surface area contributed by atoms with Crippen LogP contribution < -0.4 is 5.73 Å². The maximum atomic E-state index is 12.7. The van der Waals surface area contributed by atoms with Gasteiger partial charge in [-0.05, 0) is 89.9 Å². The number of esters is 2. The number of ether oxygens (including phenoxy) is 2. The second kappa shape index (κ2) is 54.3. The fraction of sp³-hybridized carbons (Fsp3) is 0.695. The van der Waals surface area contributed by atoms with Crippen LogP contribution in [-0.2, 0) is 32.7 Å². The Balaban J connectivity index is 4.02. The summed E-state index contributed by atoms with van der Waals surface area (Å²) >= 11 is 0. The molecule has 0 aliphatic rings. The molecule has 9 nitrogen and oxygen atoms in total. The second-order valence-electron chi connectivity index (χ2n) is 18.0. The molecule has 0 fully saturated rings. The molecule has 0 aromatic heterocycles. The largest absolute Gasteiger partial charge is 0.472 e. The molecular formula is C59H102NO8P. The van der Waals surface area contributed by atoms with E-state index in [9.17, 15) is 19.0 Å². The molecule has 2 unspecified atom stereocenters. The number of phosphoric ester groups is 1. The summed E-state index contributed by atoms with van der Waals surface area (Å²) in [5, 5.41) is 0. The fourth-order valence-corrected chi connectivity index (χ4v) is 8.21.